The van der Waals surface area contributed by atoms with E-state index in [2.05, 4.69) is 40.9 Å². The lowest BCUT2D eigenvalue weighted by Crippen LogP contribution is -2.37. The van der Waals surface area contributed by atoms with Crippen LogP contribution in [0.25, 0.3) is 0 Å². The molecule has 0 unspecified atom stereocenters. The summed E-state index contributed by atoms with van der Waals surface area (Å²) in [6.45, 7) is 10.6. The lowest BCUT2D eigenvalue weighted by molar-refractivity contribution is 0.175. The van der Waals surface area contributed by atoms with Crippen molar-refractivity contribution in [3.8, 4) is 0 Å². The summed E-state index contributed by atoms with van der Waals surface area (Å²) >= 11 is 1.81. The van der Waals surface area contributed by atoms with Crippen molar-refractivity contribution in [2.75, 3.05) is 26.2 Å². The van der Waals surface area contributed by atoms with Crippen molar-refractivity contribution in [3.05, 3.63) is 22.4 Å². The number of piperidine rings is 1. The van der Waals surface area contributed by atoms with E-state index in [9.17, 15) is 0 Å². The summed E-state index contributed by atoms with van der Waals surface area (Å²) in [5, 5.41) is 8.05. The third kappa shape index (κ3) is 4.71. The van der Waals surface area contributed by atoms with Gasteiger partial charge in [-0.05, 0) is 73.2 Å². The normalized spacial score (nSPS) is 18.6. The van der Waals surface area contributed by atoms with E-state index in [-0.39, 0.29) is 0 Å². The van der Waals surface area contributed by atoms with E-state index in [4.69, 9.17) is 0 Å². The molecule has 1 N–H and O–H groups in total. The second-order valence-electron chi connectivity index (χ2n) is 5.90. The molecule has 1 aliphatic heterocycles. The molecule has 102 valence electrons. The second-order valence-corrected chi connectivity index (χ2v) is 6.68. The largest absolute Gasteiger partial charge is 0.316 e. The van der Waals surface area contributed by atoms with Gasteiger partial charge in [0.25, 0.3) is 0 Å². The van der Waals surface area contributed by atoms with Crippen LogP contribution in [-0.4, -0.2) is 31.1 Å². The molecule has 0 aliphatic carbocycles. The summed E-state index contributed by atoms with van der Waals surface area (Å²) in [6, 6.07) is 2.25. The Kier molecular flexibility index (Phi) is 5.67. The quantitative estimate of drug-likeness (QED) is 0.850. The molecule has 18 heavy (non-hydrogen) atoms. The summed E-state index contributed by atoms with van der Waals surface area (Å²) in [6.07, 6.45) is 2.71. The zero-order chi connectivity index (χ0) is 12.8. The second kappa shape index (κ2) is 7.27. The van der Waals surface area contributed by atoms with E-state index >= 15 is 0 Å². The molecule has 1 fully saturated rings. The Morgan fingerprint density at radius 2 is 2.17 bits per heavy atom. The van der Waals surface area contributed by atoms with Crippen LogP contribution in [0.1, 0.15) is 32.3 Å². The Labute approximate surface area is 115 Å². The number of hydrogen-bond donors (Lipinski definition) is 1. The Balaban J connectivity index is 1.62. The van der Waals surface area contributed by atoms with Crippen LogP contribution in [0.2, 0.25) is 0 Å². The summed E-state index contributed by atoms with van der Waals surface area (Å²) < 4.78 is 0. The number of thiophene rings is 1. The fourth-order valence-corrected chi connectivity index (χ4v) is 3.23. The Hall–Kier alpha value is -0.380. The SMILES string of the molecule is CC(C)CNCC1CCN(Cc2ccsc2)CC1. The minimum absolute atomic E-state index is 0.767. The minimum atomic E-state index is 0.767. The van der Waals surface area contributed by atoms with Gasteiger partial charge in [-0.3, -0.25) is 4.90 Å². The first kappa shape index (κ1) is 14.0. The van der Waals surface area contributed by atoms with Gasteiger partial charge in [0.05, 0.1) is 0 Å². The first-order valence-corrected chi connectivity index (χ1v) is 8.12. The van der Waals surface area contributed by atoms with Gasteiger partial charge in [-0.25, -0.2) is 0 Å². The standard InChI is InChI=1S/C15H26N2S/c1-13(2)9-16-10-14-3-6-17(7-4-14)11-15-5-8-18-12-15/h5,8,12-14,16H,3-4,6-7,9-11H2,1-2H3. The van der Waals surface area contributed by atoms with Crippen LogP contribution >= 0.6 is 11.3 Å². The van der Waals surface area contributed by atoms with Crippen LogP contribution in [0.4, 0.5) is 0 Å². The highest BCUT2D eigenvalue weighted by atomic mass is 32.1. The van der Waals surface area contributed by atoms with Gasteiger partial charge in [0, 0.05) is 6.54 Å². The molecule has 2 heterocycles. The van der Waals surface area contributed by atoms with E-state index in [1.807, 2.05) is 0 Å². The minimum Gasteiger partial charge on any atom is -0.316 e. The number of rotatable bonds is 6. The highest BCUT2D eigenvalue weighted by molar-refractivity contribution is 7.07. The van der Waals surface area contributed by atoms with Gasteiger partial charge in [0.15, 0.2) is 0 Å². The monoisotopic (exact) mass is 266 g/mol. The fourth-order valence-electron chi connectivity index (χ4n) is 2.57. The zero-order valence-corrected chi connectivity index (χ0v) is 12.5. The average Bonchev–Trinajstić information content (AvgIpc) is 2.84. The van der Waals surface area contributed by atoms with E-state index in [0.29, 0.717) is 0 Å². The predicted molar refractivity (Wildman–Crippen MR) is 80.0 cm³/mol. The van der Waals surface area contributed by atoms with Crippen molar-refractivity contribution in [2.45, 2.75) is 33.2 Å². The molecule has 1 saturated heterocycles. The van der Waals surface area contributed by atoms with E-state index in [1.165, 1.54) is 38.0 Å². The molecular weight excluding hydrogens is 240 g/mol. The van der Waals surface area contributed by atoms with Crippen LogP contribution in [-0.2, 0) is 6.54 Å². The summed E-state index contributed by atoms with van der Waals surface area (Å²) in [5.41, 5.74) is 1.48. The molecule has 1 aromatic heterocycles. The molecule has 1 aliphatic rings. The van der Waals surface area contributed by atoms with Gasteiger partial charge >= 0.3 is 0 Å². The third-order valence-electron chi connectivity index (χ3n) is 3.68. The average molecular weight is 266 g/mol. The Morgan fingerprint density at radius 1 is 1.39 bits per heavy atom. The maximum absolute atomic E-state index is 3.60. The fraction of sp³-hybridized carbons (Fsp3) is 0.733. The molecular formula is C15H26N2S. The topological polar surface area (TPSA) is 15.3 Å². The zero-order valence-electron chi connectivity index (χ0n) is 11.7. The van der Waals surface area contributed by atoms with Gasteiger partial charge in [-0.2, -0.15) is 11.3 Å². The number of nitrogens with zero attached hydrogens (tertiary/aromatic N) is 1. The molecule has 0 amide bonds. The molecule has 0 saturated carbocycles. The summed E-state index contributed by atoms with van der Waals surface area (Å²) in [5.74, 6) is 1.66. The maximum Gasteiger partial charge on any atom is 0.0241 e. The van der Waals surface area contributed by atoms with Crippen molar-refractivity contribution in [1.29, 1.82) is 0 Å². The van der Waals surface area contributed by atoms with Crippen molar-refractivity contribution >= 4 is 11.3 Å². The maximum atomic E-state index is 3.60. The first-order valence-electron chi connectivity index (χ1n) is 7.18. The molecule has 0 spiro atoms. The highest BCUT2D eigenvalue weighted by Gasteiger charge is 2.18. The Morgan fingerprint density at radius 3 is 2.78 bits per heavy atom. The summed E-state index contributed by atoms with van der Waals surface area (Å²) in [4.78, 5) is 2.60. The third-order valence-corrected chi connectivity index (χ3v) is 4.41. The predicted octanol–water partition coefficient (Wildman–Crippen LogP) is 3.21. The molecule has 2 rings (SSSR count). The smallest absolute Gasteiger partial charge is 0.0241 e. The van der Waals surface area contributed by atoms with Gasteiger partial charge in [-0.1, -0.05) is 13.8 Å². The van der Waals surface area contributed by atoms with Gasteiger partial charge in [0.1, 0.15) is 0 Å². The lowest BCUT2D eigenvalue weighted by atomic mass is 9.96. The molecule has 0 bridgehead atoms. The highest BCUT2D eigenvalue weighted by Crippen LogP contribution is 2.19. The van der Waals surface area contributed by atoms with Crippen LogP contribution in [0.5, 0.6) is 0 Å². The van der Waals surface area contributed by atoms with Crippen LogP contribution in [0, 0.1) is 11.8 Å². The van der Waals surface area contributed by atoms with Crippen molar-refractivity contribution in [3.63, 3.8) is 0 Å². The number of nitrogens with one attached hydrogen (secondary N) is 1. The van der Waals surface area contributed by atoms with E-state index in [0.717, 1.165) is 24.9 Å². The first-order chi connectivity index (χ1) is 8.74. The number of hydrogen-bond acceptors (Lipinski definition) is 3. The summed E-state index contributed by atoms with van der Waals surface area (Å²) in [7, 11) is 0. The van der Waals surface area contributed by atoms with Crippen molar-refractivity contribution in [1.82, 2.24) is 10.2 Å². The van der Waals surface area contributed by atoms with Crippen molar-refractivity contribution < 1.29 is 0 Å². The Bertz CT molecular complexity index is 313. The molecule has 0 atom stereocenters. The number of likely N-dealkylation sites (tertiary alicyclic amines) is 1. The van der Waals surface area contributed by atoms with Gasteiger partial charge < -0.3 is 5.32 Å². The van der Waals surface area contributed by atoms with E-state index in [1.54, 1.807) is 11.3 Å². The van der Waals surface area contributed by atoms with Crippen molar-refractivity contribution in [2.24, 2.45) is 11.8 Å². The van der Waals surface area contributed by atoms with Crippen LogP contribution < -0.4 is 5.32 Å². The molecule has 0 radical (unpaired) electrons. The van der Waals surface area contributed by atoms with Crippen LogP contribution in [0.15, 0.2) is 16.8 Å². The van der Waals surface area contributed by atoms with Gasteiger partial charge in [-0.15, -0.1) is 0 Å². The lowest BCUT2D eigenvalue weighted by Gasteiger charge is -2.32. The van der Waals surface area contributed by atoms with Gasteiger partial charge in [0.2, 0.25) is 0 Å². The molecule has 1 aromatic rings. The molecule has 2 nitrogen and oxygen atoms in total. The van der Waals surface area contributed by atoms with E-state index < -0.39 is 0 Å². The van der Waals surface area contributed by atoms with Crippen LogP contribution in [0.3, 0.4) is 0 Å². The molecule has 3 heteroatoms. The molecule has 0 aromatic carbocycles.